The third kappa shape index (κ3) is 6.65. The number of ether oxygens (including phenoxy) is 3. The zero-order valence-electron chi connectivity index (χ0n) is 18.0. The summed E-state index contributed by atoms with van der Waals surface area (Å²) < 4.78 is 17.7. The van der Waals surface area contributed by atoms with E-state index >= 15 is 0 Å². The van der Waals surface area contributed by atoms with Gasteiger partial charge in [-0.3, -0.25) is 0 Å². The third-order valence-electron chi connectivity index (χ3n) is 4.56. The molecule has 5 nitrogen and oxygen atoms in total. The molecule has 0 saturated heterocycles. The molecule has 0 aliphatic heterocycles. The monoisotopic (exact) mass is 517 g/mol. The molecule has 3 rings (SSSR count). The number of rotatable bonds is 10. The van der Waals surface area contributed by atoms with Crippen molar-refractivity contribution in [3.05, 3.63) is 86.8 Å². The van der Waals surface area contributed by atoms with E-state index in [1.807, 2.05) is 55.5 Å². The molecule has 7 heteroatoms. The first kappa shape index (κ1) is 24.0. The number of hydrogen-bond donors (Lipinski definition) is 1. The van der Waals surface area contributed by atoms with Crippen molar-refractivity contribution in [1.29, 1.82) is 0 Å². The van der Waals surface area contributed by atoms with Crippen LogP contribution in [0, 0.1) is 0 Å². The SMILES string of the molecule is CCOC(=O)c1ccc(NCc2cc(Br)c(OCc3ccc(Cl)cc3)c(OCC)c2)cc1. The average Bonchev–Trinajstić information content (AvgIpc) is 2.79. The summed E-state index contributed by atoms with van der Waals surface area (Å²) in [6.07, 6.45) is 0. The Morgan fingerprint density at radius 2 is 1.66 bits per heavy atom. The van der Waals surface area contributed by atoms with Gasteiger partial charge in [0.15, 0.2) is 11.5 Å². The minimum Gasteiger partial charge on any atom is -0.490 e. The van der Waals surface area contributed by atoms with Crippen molar-refractivity contribution in [2.45, 2.75) is 27.0 Å². The van der Waals surface area contributed by atoms with Crippen LogP contribution in [0.25, 0.3) is 0 Å². The fourth-order valence-corrected chi connectivity index (χ4v) is 3.74. The van der Waals surface area contributed by atoms with Crippen molar-refractivity contribution in [2.24, 2.45) is 0 Å². The van der Waals surface area contributed by atoms with Crippen LogP contribution in [-0.2, 0) is 17.9 Å². The van der Waals surface area contributed by atoms with E-state index in [9.17, 15) is 4.79 Å². The first-order valence-electron chi connectivity index (χ1n) is 10.3. The molecule has 0 unspecified atom stereocenters. The molecule has 0 heterocycles. The van der Waals surface area contributed by atoms with Gasteiger partial charge in [0.25, 0.3) is 0 Å². The summed E-state index contributed by atoms with van der Waals surface area (Å²) in [7, 11) is 0. The molecule has 0 fully saturated rings. The van der Waals surface area contributed by atoms with Crippen LogP contribution >= 0.6 is 27.5 Å². The minimum atomic E-state index is -0.321. The van der Waals surface area contributed by atoms with Crippen molar-refractivity contribution in [3.8, 4) is 11.5 Å². The number of hydrogen-bond acceptors (Lipinski definition) is 5. The van der Waals surface area contributed by atoms with E-state index in [1.54, 1.807) is 19.1 Å². The fraction of sp³-hybridized carbons (Fsp3) is 0.240. The number of nitrogens with one attached hydrogen (secondary N) is 1. The zero-order valence-corrected chi connectivity index (χ0v) is 20.3. The molecule has 0 saturated carbocycles. The highest BCUT2D eigenvalue weighted by atomic mass is 79.9. The maximum atomic E-state index is 11.8. The van der Waals surface area contributed by atoms with E-state index in [0.29, 0.717) is 48.5 Å². The Labute approximate surface area is 201 Å². The molecule has 0 aromatic heterocycles. The van der Waals surface area contributed by atoms with Gasteiger partial charge in [0, 0.05) is 17.3 Å². The van der Waals surface area contributed by atoms with Gasteiger partial charge in [-0.1, -0.05) is 23.7 Å². The van der Waals surface area contributed by atoms with Crippen LogP contribution in [0.4, 0.5) is 5.69 Å². The molecule has 0 atom stereocenters. The van der Waals surface area contributed by atoms with Gasteiger partial charge < -0.3 is 19.5 Å². The van der Waals surface area contributed by atoms with Crippen LogP contribution in [0.3, 0.4) is 0 Å². The predicted molar refractivity (Wildman–Crippen MR) is 131 cm³/mol. The van der Waals surface area contributed by atoms with Gasteiger partial charge in [0.05, 0.1) is 23.2 Å². The first-order chi connectivity index (χ1) is 15.5. The number of carbonyl (C=O) groups excluding carboxylic acids is 1. The van der Waals surface area contributed by atoms with Crippen molar-refractivity contribution >= 4 is 39.2 Å². The number of esters is 1. The lowest BCUT2D eigenvalue weighted by Crippen LogP contribution is -2.06. The number of carbonyl (C=O) groups is 1. The summed E-state index contributed by atoms with van der Waals surface area (Å²) in [6.45, 7) is 5.59. The maximum absolute atomic E-state index is 11.8. The fourth-order valence-electron chi connectivity index (χ4n) is 3.01. The number of benzene rings is 3. The van der Waals surface area contributed by atoms with E-state index in [2.05, 4.69) is 21.2 Å². The van der Waals surface area contributed by atoms with Crippen LogP contribution in [0.1, 0.15) is 35.3 Å². The Morgan fingerprint density at radius 3 is 2.31 bits per heavy atom. The average molecular weight is 519 g/mol. The molecule has 0 spiro atoms. The maximum Gasteiger partial charge on any atom is 0.338 e. The summed E-state index contributed by atoms with van der Waals surface area (Å²) in [5.74, 6) is 1.01. The Bertz CT molecular complexity index is 1040. The van der Waals surface area contributed by atoms with Crippen molar-refractivity contribution in [3.63, 3.8) is 0 Å². The molecule has 0 aliphatic carbocycles. The van der Waals surface area contributed by atoms with Gasteiger partial charge in [-0.2, -0.15) is 0 Å². The topological polar surface area (TPSA) is 56.8 Å². The second-order valence-corrected chi connectivity index (χ2v) is 8.20. The molecule has 3 aromatic carbocycles. The standard InChI is InChI=1S/C25H25BrClNO4/c1-3-30-23-14-18(15-28-21-11-7-19(8-12-21)25(29)31-4-2)13-22(26)24(23)32-16-17-5-9-20(27)10-6-17/h5-14,28H,3-4,15-16H2,1-2H3. The van der Waals surface area contributed by atoms with E-state index < -0.39 is 0 Å². The van der Waals surface area contributed by atoms with E-state index in [1.165, 1.54) is 0 Å². The zero-order chi connectivity index (χ0) is 22.9. The van der Waals surface area contributed by atoms with Crippen LogP contribution in [-0.4, -0.2) is 19.2 Å². The molecule has 32 heavy (non-hydrogen) atoms. The molecular weight excluding hydrogens is 494 g/mol. The van der Waals surface area contributed by atoms with Crippen LogP contribution in [0.15, 0.2) is 65.1 Å². The van der Waals surface area contributed by atoms with Crippen molar-refractivity contribution in [2.75, 3.05) is 18.5 Å². The lowest BCUT2D eigenvalue weighted by molar-refractivity contribution is 0.0526. The Morgan fingerprint density at radius 1 is 0.938 bits per heavy atom. The van der Waals surface area contributed by atoms with E-state index in [0.717, 1.165) is 21.3 Å². The molecule has 168 valence electrons. The molecular formula is C25H25BrClNO4. The smallest absolute Gasteiger partial charge is 0.338 e. The van der Waals surface area contributed by atoms with Crippen LogP contribution in [0.5, 0.6) is 11.5 Å². The summed E-state index contributed by atoms with van der Waals surface area (Å²) in [6, 6.07) is 18.7. The second kappa shape index (κ2) is 11.8. The molecule has 0 aliphatic rings. The second-order valence-electron chi connectivity index (χ2n) is 6.90. The highest BCUT2D eigenvalue weighted by Gasteiger charge is 2.13. The van der Waals surface area contributed by atoms with Gasteiger partial charge in [0.1, 0.15) is 6.61 Å². The summed E-state index contributed by atoms with van der Waals surface area (Å²) in [4.78, 5) is 11.8. The summed E-state index contributed by atoms with van der Waals surface area (Å²) in [5, 5.41) is 4.05. The number of anilines is 1. The highest BCUT2D eigenvalue weighted by molar-refractivity contribution is 9.10. The van der Waals surface area contributed by atoms with Crippen LogP contribution < -0.4 is 14.8 Å². The molecule has 0 radical (unpaired) electrons. The summed E-state index contributed by atoms with van der Waals surface area (Å²) in [5.41, 5.74) is 3.46. The van der Waals surface area contributed by atoms with Gasteiger partial charge >= 0.3 is 5.97 Å². The molecule has 1 N–H and O–H groups in total. The predicted octanol–water partition coefficient (Wildman–Crippen LogP) is 6.87. The first-order valence-corrected chi connectivity index (χ1v) is 11.5. The van der Waals surface area contributed by atoms with Crippen LogP contribution in [0.2, 0.25) is 5.02 Å². The molecule has 0 amide bonds. The quantitative estimate of drug-likeness (QED) is 0.297. The third-order valence-corrected chi connectivity index (χ3v) is 5.40. The highest BCUT2D eigenvalue weighted by Crippen LogP contribution is 2.37. The lowest BCUT2D eigenvalue weighted by atomic mass is 10.1. The van der Waals surface area contributed by atoms with E-state index in [4.69, 9.17) is 25.8 Å². The van der Waals surface area contributed by atoms with Gasteiger partial charge in [-0.25, -0.2) is 4.79 Å². The number of halogens is 2. The lowest BCUT2D eigenvalue weighted by Gasteiger charge is -2.16. The Balaban J connectivity index is 1.68. The Hall–Kier alpha value is -2.70. The normalized spacial score (nSPS) is 10.5. The van der Waals surface area contributed by atoms with E-state index in [-0.39, 0.29) is 5.97 Å². The Kier molecular flexibility index (Phi) is 8.82. The summed E-state index contributed by atoms with van der Waals surface area (Å²) >= 11 is 9.57. The van der Waals surface area contributed by atoms with Gasteiger partial charge in [-0.15, -0.1) is 0 Å². The molecule has 0 bridgehead atoms. The largest absolute Gasteiger partial charge is 0.490 e. The molecule has 3 aromatic rings. The van der Waals surface area contributed by atoms with Crippen molar-refractivity contribution in [1.82, 2.24) is 0 Å². The van der Waals surface area contributed by atoms with Crippen molar-refractivity contribution < 1.29 is 19.0 Å². The van der Waals surface area contributed by atoms with Gasteiger partial charge in [-0.05, 0) is 89.4 Å². The minimum absolute atomic E-state index is 0.321. The van der Waals surface area contributed by atoms with Gasteiger partial charge in [0.2, 0.25) is 0 Å².